The highest BCUT2D eigenvalue weighted by Crippen LogP contribution is 2.24. The normalized spacial score (nSPS) is 11.5. The summed E-state index contributed by atoms with van der Waals surface area (Å²) in [6.45, 7) is 0.0849. The van der Waals surface area contributed by atoms with E-state index in [-0.39, 0.29) is 6.54 Å². The van der Waals surface area contributed by atoms with Crippen LogP contribution in [0.2, 0.25) is 5.02 Å². The van der Waals surface area contributed by atoms with Gasteiger partial charge in [-0.2, -0.15) is 5.10 Å². The fourth-order valence-electron chi connectivity index (χ4n) is 2.74. The molecule has 0 saturated heterocycles. The van der Waals surface area contributed by atoms with Crippen LogP contribution < -0.4 is 9.73 Å². The van der Waals surface area contributed by atoms with Crippen molar-refractivity contribution in [2.45, 2.75) is 6.54 Å². The number of nitrogens with one attached hydrogen (secondary N) is 1. The van der Waals surface area contributed by atoms with Crippen molar-refractivity contribution >= 4 is 55.4 Å². The van der Waals surface area contributed by atoms with Crippen LogP contribution in [0.4, 0.5) is 5.69 Å². The monoisotopic (exact) mass is 519 g/mol. The van der Waals surface area contributed by atoms with Crippen LogP contribution in [-0.4, -0.2) is 26.8 Å². The second-order valence-corrected chi connectivity index (χ2v) is 9.89. The summed E-state index contributed by atoms with van der Waals surface area (Å²) in [6, 6.07) is 20.8. The van der Waals surface area contributed by atoms with Gasteiger partial charge in [0.1, 0.15) is 0 Å². The van der Waals surface area contributed by atoms with Gasteiger partial charge in [0, 0.05) is 15.1 Å². The lowest BCUT2D eigenvalue weighted by atomic mass is 10.2. The summed E-state index contributed by atoms with van der Waals surface area (Å²) in [5.41, 5.74) is 4.75. The minimum absolute atomic E-state index is 0.0849. The number of carbonyl (C=O) groups excluding carboxylic acids is 1. The van der Waals surface area contributed by atoms with Gasteiger partial charge in [0.05, 0.1) is 24.7 Å². The van der Waals surface area contributed by atoms with Gasteiger partial charge in [-0.25, -0.2) is 13.8 Å². The van der Waals surface area contributed by atoms with Crippen molar-refractivity contribution in [1.82, 2.24) is 5.43 Å². The van der Waals surface area contributed by atoms with E-state index in [1.165, 1.54) is 10.5 Å². The number of carbonyl (C=O) groups is 1. The maximum atomic E-state index is 12.3. The van der Waals surface area contributed by atoms with Crippen LogP contribution in [-0.2, 0) is 16.6 Å². The molecule has 0 fully saturated rings. The summed E-state index contributed by atoms with van der Waals surface area (Å²) in [4.78, 5) is 12.3. The molecule has 3 aromatic rings. The predicted octanol–water partition coefficient (Wildman–Crippen LogP) is 4.83. The SMILES string of the molecule is CS(=O)(=O)N(Cc1ccccc1Cl)c1ccc(C(=O)N/N=C\c2ccc(Br)cc2)cc1. The number of hydrazone groups is 1. The molecule has 0 radical (unpaired) electrons. The Labute approximate surface area is 194 Å². The summed E-state index contributed by atoms with van der Waals surface area (Å²) >= 11 is 9.54. The average molecular weight is 521 g/mol. The molecule has 6 nitrogen and oxygen atoms in total. The van der Waals surface area contributed by atoms with E-state index in [4.69, 9.17) is 11.6 Å². The van der Waals surface area contributed by atoms with Crippen molar-refractivity contribution in [2.75, 3.05) is 10.6 Å². The lowest BCUT2D eigenvalue weighted by molar-refractivity contribution is 0.0955. The molecule has 0 heterocycles. The van der Waals surface area contributed by atoms with Crippen LogP contribution >= 0.6 is 27.5 Å². The van der Waals surface area contributed by atoms with Crippen LogP contribution in [0.1, 0.15) is 21.5 Å². The molecule has 0 atom stereocenters. The highest BCUT2D eigenvalue weighted by molar-refractivity contribution is 9.10. The number of nitrogens with zero attached hydrogens (tertiary/aromatic N) is 2. The van der Waals surface area contributed by atoms with E-state index in [1.54, 1.807) is 48.5 Å². The van der Waals surface area contributed by atoms with E-state index in [2.05, 4.69) is 26.5 Å². The number of anilines is 1. The van der Waals surface area contributed by atoms with E-state index >= 15 is 0 Å². The number of benzene rings is 3. The lowest BCUT2D eigenvalue weighted by Crippen LogP contribution is -2.29. The lowest BCUT2D eigenvalue weighted by Gasteiger charge is -2.23. The molecule has 0 bridgehead atoms. The molecule has 3 aromatic carbocycles. The summed E-state index contributed by atoms with van der Waals surface area (Å²) in [7, 11) is -3.57. The first-order valence-corrected chi connectivity index (χ1v) is 12.2. The fourth-order valence-corrected chi connectivity index (χ4v) is 4.08. The summed E-state index contributed by atoms with van der Waals surface area (Å²) in [5.74, 6) is -0.406. The van der Waals surface area contributed by atoms with Gasteiger partial charge in [0.25, 0.3) is 5.91 Å². The molecule has 0 aromatic heterocycles. The molecule has 0 unspecified atom stereocenters. The molecule has 1 amide bonds. The van der Waals surface area contributed by atoms with Gasteiger partial charge in [-0.1, -0.05) is 57.9 Å². The first kappa shape index (κ1) is 23.0. The Morgan fingerprint density at radius 1 is 1.06 bits per heavy atom. The number of sulfonamides is 1. The maximum absolute atomic E-state index is 12.3. The minimum Gasteiger partial charge on any atom is -0.267 e. The quantitative estimate of drug-likeness (QED) is 0.358. The Morgan fingerprint density at radius 3 is 2.32 bits per heavy atom. The largest absolute Gasteiger partial charge is 0.271 e. The van der Waals surface area contributed by atoms with Crippen LogP contribution in [0.15, 0.2) is 82.4 Å². The smallest absolute Gasteiger partial charge is 0.267 e. The predicted molar refractivity (Wildman–Crippen MR) is 128 cm³/mol. The molecular weight excluding hydrogens is 502 g/mol. The number of hydrogen-bond acceptors (Lipinski definition) is 4. The second-order valence-electron chi connectivity index (χ2n) is 6.66. The zero-order valence-electron chi connectivity index (χ0n) is 16.5. The molecule has 31 heavy (non-hydrogen) atoms. The minimum atomic E-state index is -3.57. The van der Waals surface area contributed by atoms with Crippen LogP contribution in [0.3, 0.4) is 0 Å². The summed E-state index contributed by atoms with van der Waals surface area (Å²) in [6.07, 6.45) is 2.66. The van der Waals surface area contributed by atoms with Crippen LogP contribution in [0.25, 0.3) is 0 Å². The maximum Gasteiger partial charge on any atom is 0.271 e. The molecule has 0 aliphatic rings. The third-order valence-electron chi connectivity index (χ3n) is 4.34. The summed E-state index contributed by atoms with van der Waals surface area (Å²) in [5, 5.41) is 4.43. The van der Waals surface area contributed by atoms with Gasteiger partial charge in [-0.3, -0.25) is 9.10 Å². The molecule has 0 aliphatic carbocycles. The summed E-state index contributed by atoms with van der Waals surface area (Å²) < 4.78 is 26.9. The van der Waals surface area contributed by atoms with Crippen molar-refractivity contribution < 1.29 is 13.2 Å². The highest BCUT2D eigenvalue weighted by Gasteiger charge is 2.19. The first-order chi connectivity index (χ1) is 14.7. The van der Waals surface area contributed by atoms with Gasteiger partial charge in [0.15, 0.2) is 0 Å². The Balaban J connectivity index is 1.72. The van der Waals surface area contributed by atoms with Crippen molar-refractivity contribution in [2.24, 2.45) is 5.10 Å². The van der Waals surface area contributed by atoms with Crippen molar-refractivity contribution in [1.29, 1.82) is 0 Å². The number of rotatable bonds is 7. The number of halogens is 2. The topological polar surface area (TPSA) is 78.8 Å². The molecule has 3 rings (SSSR count). The highest BCUT2D eigenvalue weighted by atomic mass is 79.9. The second kappa shape index (κ2) is 10.1. The van der Waals surface area contributed by atoms with E-state index in [0.717, 1.165) is 16.3 Å². The standard InChI is InChI=1S/C22H19BrClN3O3S/c1-31(29,30)27(15-18-4-2-3-5-21(18)24)20-12-8-17(9-13-20)22(28)26-25-14-16-6-10-19(23)11-7-16/h2-14H,15H2,1H3,(H,26,28)/b25-14-. The van der Waals surface area contributed by atoms with Gasteiger partial charge in [-0.05, 0) is 53.6 Å². The van der Waals surface area contributed by atoms with Crippen molar-refractivity contribution in [3.8, 4) is 0 Å². The Kier molecular flexibility index (Phi) is 7.48. The van der Waals surface area contributed by atoms with Gasteiger partial charge in [0.2, 0.25) is 10.0 Å². The van der Waals surface area contributed by atoms with E-state index < -0.39 is 15.9 Å². The van der Waals surface area contributed by atoms with E-state index in [0.29, 0.717) is 21.8 Å². The Morgan fingerprint density at radius 2 is 1.71 bits per heavy atom. The third-order valence-corrected chi connectivity index (χ3v) is 6.38. The zero-order chi connectivity index (χ0) is 22.4. The van der Waals surface area contributed by atoms with Crippen LogP contribution in [0.5, 0.6) is 0 Å². The van der Waals surface area contributed by atoms with Gasteiger partial charge >= 0.3 is 0 Å². The average Bonchev–Trinajstić information content (AvgIpc) is 2.74. The van der Waals surface area contributed by atoms with E-state index in [9.17, 15) is 13.2 Å². The molecule has 1 N–H and O–H groups in total. The molecule has 0 saturated carbocycles. The Bertz CT molecular complexity index is 1200. The number of amides is 1. The van der Waals surface area contributed by atoms with Gasteiger partial charge < -0.3 is 0 Å². The molecule has 0 spiro atoms. The van der Waals surface area contributed by atoms with Crippen LogP contribution in [0, 0.1) is 0 Å². The Hall–Kier alpha value is -2.68. The molecule has 160 valence electrons. The fraction of sp³-hybridized carbons (Fsp3) is 0.0909. The molecular formula is C22H19BrClN3O3S. The first-order valence-electron chi connectivity index (χ1n) is 9.14. The third kappa shape index (κ3) is 6.40. The van der Waals surface area contributed by atoms with Gasteiger partial charge in [-0.15, -0.1) is 0 Å². The molecule has 0 aliphatic heterocycles. The number of hydrogen-bond donors (Lipinski definition) is 1. The van der Waals surface area contributed by atoms with Crippen molar-refractivity contribution in [3.05, 3.63) is 99.0 Å². The molecule has 9 heteroatoms. The van der Waals surface area contributed by atoms with Crippen molar-refractivity contribution in [3.63, 3.8) is 0 Å². The zero-order valence-corrected chi connectivity index (χ0v) is 19.7. The van der Waals surface area contributed by atoms with E-state index in [1.807, 2.05) is 24.3 Å².